The van der Waals surface area contributed by atoms with E-state index >= 15 is 0 Å². The topological polar surface area (TPSA) is 115 Å². The van der Waals surface area contributed by atoms with Crippen molar-refractivity contribution in [2.24, 2.45) is 0 Å². The number of aliphatic hydroxyl groups excluding tert-OH is 2. The van der Waals surface area contributed by atoms with Crippen molar-refractivity contribution in [1.29, 1.82) is 0 Å². The molecule has 0 rings (SSSR count). The Morgan fingerprint density at radius 1 is 0.609 bits per heavy atom. The molecule has 0 aliphatic rings. The molecule has 0 aliphatic carbocycles. The highest BCUT2D eigenvalue weighted by atomic mass is 32.3. The van der Waals surface area contributed by atoms with E-state index < -0.39 is 47.8 Å². The fourth-order valence-corrected chi connectivity index (χ4v) is 0.179. The van der Waals surface area contributed by atoms with Gasteiger partial charge in [-0.05, 0) is 0 Å². The molecule has 0 aliphatic heterocycles. The van der Waals surface area contributed by atoms with Crippen molar-refractivity contribution in [3.8, 4) is 0 Å². The molecule has 0 aromatic rings. The van der Waals surface area contributed by atoms with Crippen LogP contribution in [0.5, 0.6) is 0 Å². The van der Waals surface area contributed by atoms with Crippen molar-refractivity contribution in [2.75, 3.05) is 13.2 Å². The molecule has 0 radical (unpaired) electrons. The van der Waals surface area contributed by atoms with Crippen LogP contribution in [0.25, 0.3) is 0 Å². The van der Waals surface area contributed by atoms with Gasteiger partial charge in [0.25, 0.3) is 0 Å². The highest BCUT2D eigenvalue weighted by molar-refractivity contribution is 7.79. The van der Waals surface area contributed by atoms with Crippen LogP contribution in [-0.4, -0.2) is 65.1 Å². The zero-order valence-electron chi connectivity index (χ0n) is 10.2. The normalized spacial score (nSPS) is 13.5. The van der Waals surface area contributed by atoms with Gasteiger partial charge in [0.2, 0.25) is 0 Å². The van der Waals surface area contributed by atoms with Crippen LogP contribution in [0.1, 0.15) is 0 Å². The van der Waals surface area contributed by atoms with Crippen LogP contribution in [0.4, 0.5) is 43.9 Å². The highest BCUT2D eigenvalue weighted by Gasteiger charge is 2.57. The summed E-state index contributed by atoms with van der Waals surface area (Å²) in [7, 11) is -4.67. The number of hydrogen-bond donors (Lipinski definition) is 4. The molecule has 4 N–H and O–H groups in total. The van der Waals surface area contributed by atoms with Gasteiger partial charge in [0.1, 0.15) is 13.2 Å². The quantitative estimate of drug-likeness (QED) is 0.416. The molecule has 0 unspecified atom stereocenters. The average molecular weight is 398 g/mol. The van der Waals surface area contributed by atoms with Crippen LogP contribution >= 0.6 is 0 Å². The number of halogens is 10. The Balaban J connectivity index is -0.000000273. The monoisotopic (exact) mass is 398 g/mol. The molecule has 144 valence electrons. The Morgan fingerprint density at radius 2 is 0.739 bits per heavy atom. The van der Waals surface area contributed by atoms with Gasteiger partial charge in [0.15, 0.2) is 0 Å². The lowest BCUT2D eigenvalue weighted by molar-refractivity contribution is -0.292. The lowest BCUT2D eigenvalue weighted by atomic mass is 10.3. The molecule has 6 nitrogen and oxygen atoms in total. The van der Waals surface area contributed by atoms with E-state index in [1.54, 1.807) is 0 Å². The Kier molecular flexibility index (Phi) is 10.3. The highest BCUT2D eigenvalue weighted by Crippen LogP contribution is 2.35. The second kappa shape index (κ2) is 8.81. The summed E-state index contributed by atoms with van der Waals surface area (Å²) in [5.74, 6) is -9.93. The van der Waals surface area contributed by atoms with E-state index in [1.165, 1.54) is 0 Å². The first-order chi connectivity index (χ1) is 9.62. The summed E-state index contributed by atoms with van der Waals surface area (Å²) < 4.78 is 142. The fraction of sp³-hybridized carbons (Fsp3) is 1.00. The second-order valence-electron chi connectivity index (χ2n) is 3.17. The van der Waals surface area contributed by atoms with Gasteiger partial charge in [0.05, 0.1) is 0 Å². The molecule has 0 bridgehead atoms. The van der Waals surface area contributed by atoms with Crippen LogP contribution in [0.3, 0.4) is 0 Å². The van der Waals surface area contributed by atoms with Gasteiger partial charge in [-0.2, -0.15) is 52.3 Å². The first-order valence-corrected chi connectivity index (χ1v) is 5.82. The molecular formula is C6H8F10O6S. The summed E-state index contributed by atoms with van der Waals surface area (Å²) in [4.78, 5) is 0. The van der Waals surface area contributed by atoms with E-state index in [4.69, 9.17) is 27.7 Å². The van der Waals surface area contributed by atoms with Crippen molar-refractivity contribution >= 4 is 10.4 Å². The second-order valence-corrected chi connectivity index (χ2v) is 4.06. The van der Waals surface area contributed by atoms with E-state index in [0.717, 1.165) is 0 Å². The Hall–Kier alpha value is -0.910. The van der Waals surface area contributed by atoms with Crippen molar-refractivity contribution in [3.05, 3.63) is 0 Å². The van der Waals surface area contributed by atoms with Gasteiger partial charge in [-0.25, -0.2) is 0 Å². The molecule has 0 atom stereocenters. The smallest absolute Gasteiger partial charge is 0.390 e. The zero-order valence-corrected chi connectivity index (χ0v) is 11.0. The first-order valence-electron chi connectivity index (χ1n) is 4.43. The van der Waals surface area contributed by atoms with Crippen LogP contribution in [0.15, 0.2) is 0 Å². The van der Waals surface area contributed by atoms with E-state index in [9.17, 15) is 43.9 Å². The predicted octanol–water partition coefficient (Wildman–Crippen LogP) is 1.70. The molecule has 0 spiro atoms. The molecule has 0 heterocycles. The van der Waals surface area contributed by atoms with Gasteiger partial charge in [-0.3, -0.25) is 9.11 Å². The maximum absolute atomic E-state index is 11.3. The van der Waals surface area contributed by atoms with Gasteiger partial charge in [-0.15, -0.1) is 0 Å². The minimum atomic E-state index is -5.64. The van der Waals surface area contributed by atoms with Crippen molar-refractivity contribution < 1.29 is 71.6 Å². The third kappa shape index (κ3) is 14.4. The van der Waals surface area contributed by atoms with Crippen LogP contribution in [0.2, 0.25) is 0 Å². The summed E-state index contributed by atoms with van der Waals surface area (Å²) in [6, 6.07) is 0. The molecule has 0 amide bonds. The van der Waals surface area contributed by atoms with Crippen molar-refractivity contribution in [1.82, 2.24) is 0 Å². The average Bonchev–Trinajstić information content (AvgIpc) is 2.24. The summed E-state index contributed by atoms with van der Waals surface area (Å²) in [5, 5.41) is 14.9. The Labute approximate surface area is 120 Å². The summed E-state index contributed by atoms with van der Waals surface area (Å²) in [6.07, 6.45) is -11.3. The fourth-order valence-electron chi connectivity index (χ4n) is 0.179. The third-order valence-electron chi connectivity index (χ3n) is 1.23. The van der Waals surface area contributed by atoms with E-state index in [1.807, 2.05) is 0 Å². The Bertz CT molecular complexity index is 392. The maximum atomic E-state index is 11.3. The standard InChI is InChI=1S/2C3H3F5O.H2O4S/c2*4-2(5,1-9)3(6,7)8;1-5(2,3)4/h2*9H,1H2;(H2,1,2,3,4). The Morgan fingerprint density at radius 3 is 0.739 bits per heavy atom. The molecule has 17 heteroatoms. The lowest BCUT2D eigenvalue weighted by Gasteiger charge is -2.15. The summed E-state index contributed by atoms with van der Waals surface area (Å²) in [5.41, 5.74) is 0. The molecule has 23 heavy (non-hydrogen) atoms. The zero-order chi connectivity index (χ0) is 19.9. The predicted molar refractivity (Wildman–Crippen MR) is 50.4 cm³/mol. The molecule has 0 saturated heterocycles. The summed E-state index contributed by atoms with van der Waals surface area (Å²) in [6.45, 7) is -4.40. The largest absolute Gasteiger partial charge is 0.455 e. The molecule has 0 aromatic heterocycles. The van der Waals surface area contributed by atoms with Crippen molar-refractivity contribution in [2.45, 2.75) is 24.2 Å². The molecule has 0 saturated carbocycles. The van der Waals surface area contributed by atoms with Crippen LogP contribution in [0, 0.1) is 0 Å². The minimum absolute atomic E-state index is 2.20. The lowest BCUT2D eigenvalue weighted by Crippen LogP contribution is -2.39. The molecule has 0 aromatic carbocycles. The molecular weight excluding hydrogens is 390 g/mol. The van der Waals surface area contributed by atoms with E-state index in [2.05, 4.69) is 0 Å². The number of aliphatic hydroxyl groups is 2. The van der Waals surface area contributed by atoms with Crippen LogP contribution in [-0.2, 0) is 10.4 Å². The van der Waals surface area contributed by atoms with Crippen molar-refractivity contribution in [3.63, 3.8) is 0 Å². The minimum Gasteiger partial charge on any atom is -0.390 e. The van der Waals surface area contributed by atoms with E-state index in [0.29, 0.717) is 0 Å². The van der Waals surface area contributed by atoms with E-state index in [-0.39, 0.29) is 0 Å². The summed E-state index contributed by atoms with van der Waals surface area (Å²) >= 11 is 0. The van der Waals surface area contributed by atoms with Gasteiger partial charge in [0, 0.05) is 0 Å². The van der Waals surface area contributed by atoms with Gasteiger partial charge < -0.3 is 10.2 Å². The van der Waals surface area contributed by atoms with Crippen LogP contribution < -0.4 is 0 Å². The molecule has 0 fully saturated rings. The van der Waals surface area contributed by atoms with Gasteiger partial charge in [-0.1, -0.05) is 0 Å². The third-order valence-corrected chi connectivity index (χ3v) is 1.23. The van der Waals surface area contributed by atoms with Gasteiger partial charge >= 0.3 is 34.6 Å². The number of rotatable bonds is 2. The first kappa shape index (κ1) is 27.0. The number of hydrogen-bond acceptors (Lipinski definition) is 4. The SMILES string of the molecule is O=S(=O)(O)O.OCC(F)(F)C(F)(F)F.OCC(F)(F)C(F)(F)F. The number of alkyl halides is 10. The maximum Gasteiger partial charge on any atom is 0.455 e.